The standard InChI is InChI=1S/C16H20F2N2/c1-5-16(3,11(2)17)13-9-7-6-8-12(13)15-19-10-14(18)20(15)4/h6-11H,5H2,1-4H3/t11-,16?/m1/s1. The summed E-state index contributed by atoms with van der Waals surface area (Å²) in [7, 11) is 1.62. The molecule has 2 atom stereocenters. The zero-order valence-electron chi connectivity index (χ0n) is 12.3. The van der Waals surface area contributed by atoms with Crippen LogP contribution in [0.3, 0.4) is 0 Å². The summed E-state index contributed by atoms with van der Waals surface area (Å²) in [6, 6.07) is 7.52. The summed E-state index contributed by atoms with van der Waals surface area (Å²) in [5.41, 5.74) is 1.04. The van der Waals surface area contributed by atoms with Crippen molar-refractivity contribution in [1.29, 1.82) is 0 Å². The van der Waals surface area contributed by atoms with Crippen molar-refractivity contribution in [1.82, 2.24) is 9.55 Å². The van der Waals surface area contributed by atoms with Crippen molar-refractivity contribution >= 4 is 0 Å². The van der Waals surface area contributed by atoms with Crippen LogP contribution in [0.4, 0.5) is 8.78 Å². The first-order chi connectivity index (χ1) is 9.41. The molecule has 0 bridgehead atoms. The summed E-state index contributed by atoms with van der Waals surface area (Å²) in [5, 5.41) is 0. The fraction of sp³-hybridized carbons (Fsp3) is 0.438. The lowest BCUT2D eigenvalue weighted by molar-refractivity contribution is 0.214. The van der Waals surface area contributed by atoms with E-state index in [1.54, 1.807) is 14.0 Å². The third-order valence-electron chi connectivity index (χ3n) is 4.33. The van der Waals surface area contributed by atoms with Crippen LogP contribution in [0.15, 0.2) is 30.5 Å². The van der Waals surface area contributed by atoms with Crippen LogP contribution >= 0.6 is 0 Å². The molecule has 108 valence electrons. The van der Waals surface area contributed by atoms with Gasteiger partial charge >= 0.3 is 0 Å². The Hall–Kier alpha value is -1.71. The zero-order chi connectivity index (χ0) is 14.9. The van der Waals surface area contributed by atoms with Gasteiger partial charge in [-0.25, -0.2) is 9.37 Å². The first kappa shape index (κ1) is 14.7. The van der Waals surface area contributed by atoms with E-state index in [1.807, 2.05) is 38.1 Å². The molecule has 4 heteroatoms. The average molecular weight is 278 g/mol. The van der Waals surface area contributed by atoms with Crippen molar-refractivity contribution in [3.63, 3.8) is 0 Å². The first-order valence-corrected chi connectivity index (χ1v) is 6.83. The van der Waals surface area contributed by atoms with Gasteiger partial charge < -0.3 is 4.57 Å². The Bertz CT molecular complexity index is 604. The Morgan fingerprint density at radius 1 is 1.35 bits per heavy atom. The van der Waals surface area contributed by atoms with E-state index in [4.69, 9.17) is 0 Å². The molecule has 0 saturated heterocycles. The van der Waals surface area contributed by atoms with E-state index in [2.05, 4.69) is 4.98 Å². The highest BCUT2D eigenvalue weighted by atomic mass is 19.1. The summed E-state index contributed by atoms with van der Waals surface area (Å²) in [4.78, 5) is 4.12. The number of aromatic nitrogens is 2. The fourth-order valence-corrected chi connectivity index (χ4v) is 2.50. The van der Waals surface area contributed by atoms with Crippen molar-refractivity contribution < 1.29 is 8.78 Å². The quantitative estimate of drug-likeness (QED) is 0.817. The highest BCUT2D eigenvalue weighted by molar-refractivity contribution is 5.63. The third kappa shape index (κ3) is 2.23. The van der Waals surface area contributed by atoms with Crippen molar-refractivity contribution in [3.05, 3.63) is 42.0 Å². The van der Waals surface area contributed by atoms with E-state index < -0.39 is 17.5 Å². The number of nitrogens with zero attached hydrogens (tertiary/aromatic N) is 2. The number of hydrogen-bond donors (Lipinski definition) is 0. The van der Waals surface area contributed by atoms with Crippen LogP contribution in [0, 0.1) is 5.95 Å². The number of rotatable bonds is 4. The smallest absolute Gasteiger partial charge is 0.213 e. The highest BCUT2D eigenvalue weighted by Crippen LogP contribution is 2.38. The molecular formula is C16H20F2N2. The molecule has 20 heavy (non-hydrogen) atoms. The number of benzene rings is 1. The fourth-order valence-electron chi connectivity index (χ4n) is 2.50. The Morgan fingerprint density at radius 3 is 2.50 bits per heavy atom. The highest BCUT2D eigenvalue weighted by Gasteiger charge is 2.34. The van der Waals surface area contributed by atoms with Crippen LogP contribution in [-0.2, 0) is 12.5 Å². The van der Waals surface area contributed by atoms with Crippen molar-refractivity contribution in [3.8, 4) is 11.4 Å². The summed E-state index contributed by atoms with van der Waals surface area (Å²) >= 11 is 0. The molecule has 0 aliphatic rings. The van der Waals surface area contributed by atoms with Crippen LogP contribution in [-0.4, -0.2) is 15.7 Å². The van der Waals surface area contributed by atoms with Crippen molar-refractivity contribution in [2.75, 3.05) is 0 Å². The van der Waals surface area contributed by atoms with E-state index in [1.165, 1.54) is 10.8 Å². The van der Waals surface area contributed by atoms with Gasteiger partial charge in [0.1, 0.15) is 12.0 Å². The second kappa shape index (κ2) is 5.35. The SMILES string of the molecule is CCC(C)(c1ccccc1-c1ncc(F)n1C)[C@@H](C)F. The maximum absolute atomic E-state index is 14.1. The molecule has 0 aliphatic carbocycles. The molecule has 0 amide bonds. The third-order valence-corrected chi connectivity index (χ3v) is 4.33. The topological polar surface area (TPSA) is 17.8 Å². The molecule has 0 fully saturated rings. The predicted molar refractivity (Wildman–Crippen MR) is 76.8 cm³/mol. The Morgan fingerprint density at radius 2 is 2.00 bits per heavy atom. The van der Waals surface area contributed by atoms with Gasteiger partial charge in [0.2, 0.25) is 5.95 Å². The molecule has 1 heterocycles. The van der Waals surface area contributed by atoms with Crippen molar-refractivity contribution in [2.45, 2.75) is 38.8 Å². The monoisotopic (exact) mass is 278 g/mol. The Labute approximate surface area is 118 Å². The van der Waals surface area contributed by atoms with Gasteiger partial charge in [-0.1, -0.05) is 38.1 Å². The minimum atomic E-state index is -1.00. The minimum Gasteiger partial charge on any atom is -0.304 e. The molecule has 1 aromatic carbocycles. The van der Waals surface area contributed by atoms with E-state index in [0.29, 0.717) is 12.2 Å². The summed E-state index contributed by atoms with van der Waals surface area (Å²) in [5.74, 6) is 0.125. The molecule has 2 rings (SSSR count). The molecule has 1 aromatic heterocycles. The normalized spacial score (nSPS) is 15.9. The minimum absolute atomic E-state index is 0.402. The molecule has 2 aromatic rings. The molecule has 1 unspecified atom stereocenters. The van der Waals surface area contributed by atoms with Crippen LogP contribution in [0.2, 0.25) is 0 Å². The van der Waals surface area contributed by atoms with Gasteiger partial charge in [-0.05, 0) is 18.9 Å². The Kier molecular flexibility index (Phi) is 3.93. The van der Waals surface area contributed by atoms with Crippen LogP contribution in [0.25, 0.3) is 11.4 Å². The van der Waals surface area contributed by atoms with Gasteiger partial charge in [-0.2, -0.15) is 4.39 Å². The number of halogens is 2. The van der Waals surface area contributed by atoms with E-state index >= 15 is 0 Å². The molecule has 0 spiro atoms. The maximum Gasteiger partial charge on any atom is 0.213 e. The number of hydrogen-bond acceptors (Lipinski definition) is 1. The molecule has 0 saturated carbocycles. The second-order valence-corrected chi connectivity index (χ2v) is 5.40. The molecule has 0 N–H and O–H groups in total. The van der Waals surface area contributed by atoms with Gasteiger partial charge in [0.05, 0.1) is 6.20 Å². The van der Waals surface area contributed by atoms with Gasteiger partial charge in [-0.3, -0.25) is 0 Å². The van der Waals surface area contributed by atoms with Crippen molar-refractivity contribution in [2.24, 2.45) is 7.05 Å². The largest absolute Gasteiger partial charge is 0.304 e. The van der Waals surface area contributed by atoms with Gasteiger partial charge in [0.25, 0.3) is 0 Å². The molecule has 2 nitrogen and oxygen atoms in total. The maximum atomic E-state index is 14.1. The van der Waals surface area contributed by atoms with E-state index in [-0.39, 0.29) is 0 Å². The summed E-state index contributed by atoms with van der Waals surface area (Å²) in [6.45, 7) is 5.43. The lowest BCUT2D eigenvalue weighted by Gasteiger charge is -2.32. The first-order valence-electron chi connectivity index (χ1n) is 6.83. The Balaban J connectivity index is 2.65. The number of imidazole rings is 1. The van der Waals surface area contributed by atoms with Crippen LogP contribution < -0.4 is 0 Å². The summed E-state index contributed by atoms with van der Waals surface area (Å²) < 4.78 is 29.0. The lowest BCUT2D eigenvalue weighted by Crippen LogP contribution is -2.31. The molecule has 0 aliphatic heterocycles. The average Bonchev–Trinajstić information content (AvgIpc) is 2.78. The van der Waals surface area contributed by atoms with Crippen LogP contribution in [0.1, 0.15) is 32.8 Å². The number of alkyl halides is 1. The van der Waals surface area contributed by atoms with Crippen LogP contribution in [0.5, 0.6) is 0 Å². The van der Waals surface area contributed by atoms with Gasteiger partial charge in [0.15, 0.2) is 0 Å². The molecule has 0 radical (unpaired) electrons. The zero-order valence-corrected chi connectivity index (χ0v) is 12.3. The molecular weight excluding hydrogens is 258 g/mol. The van der Waals surface area contributed by atoms with E-state index in [0.717, 1.165) is 11.1 Å². The lowest BCUT2D eigenvalue weighted by atomic mass is 9.74. The predicted octanol–water partition coefficient (Wildman–Crippen LogP) is 4.25. The van der Waals surface area contributed by atoms with E-state index in [9.17, 15) is 8.78 Å². The van der Waals surface area contributed by atoms with Gasteiger partial charge in [-0.15, -0.1) is 0 Å². The summed E-state index contributed by atoms with van der Waals surface area (Å²) in [6.07, 6.45) is 0.849. The van der Waals surface area contributed by atoms with Gasteiger partial charge in [0, 0.05) is 18.0 Å². The second-order valence-electron chi connectivity index (χ2n) is 5.40.